The summed E-state index contributed by atoms with van der Waals surface area (Å²) >= 11 is 5.84. The van der Waals surface area contributed by atoms with Gasteiger partial charge in [-0.15, -0.1) is 0 Å². The van der Waals surface area contributed by atoms with E-state index in [1.807, 2.05) is 0 Å². The highest BCUT2D eigenvalue weighted by molar-refractivity contribution is 6.30. The van der Waals surface area contributed by atoms with Crippen molar-refractivity contribution in [3.8, 4) is 0 Å². The summed E-state index contributed by atoms with van der Waals surface area (Å²) in [5.74, 6) is -2.01. The summed E-state index contributed by atoms with van der Waals surface area (Å²) in [5.41, 5.74) is 0.498. The van der Waals surface area contributed by atoms with E-state index in [2.05, 4.69) is 10.6 Å². The molecule has 0 aliphatic carbocycles. The van der Waals surface area contributed by atoms with Gasteiger partial charge in [0.1, 0.15) is 0 Å². The molecule has 2 N–H and O–H groups in total. The second kappa shape index (κ2) is 9.66. The maximum Gasteiger partial charge on any atom is 0.339 e. The molecule has 28 heavy (non-hydrogen) atoms. The van der Waals surface area contributed by atoms with E-state index in [0.29, 0.717) is 17.1 Å². The molecule has 2 rings (SSSR count). The van der Waals surface area contributed by atoms with Crippen molar-refractivity contribution in [2.45, 2.75) is 20.0 Å². The number of ketones is 1. The molecule has 0 saturated carbocycles. The summed E-state index contributed by atoms with van der Waals surface area (Å²) < 4.78 is 5.12. The first-order chi connectivity index (χ1) is 13.3. The van der Waals surface area contributed by atoms with E-state index in [4.69, 9.17) is 16.3 Å². The van der Waals surface area contributed by atoms with E-state index in [1.54, 1.807) is 43.3 Å². The number of esters is 1. The molecule has 0 saturated heterocycles. The normalized spacial score (nSPS) is 11.2. The highest BCUT2D eigenvalue weighted by atomic mass is 35.5. The molecular weight excluding hydrogens is 384 g/mol. The first-order valence-corrected chi connectivity index (χ1v) is 8.90. The number of rotatable bonds is 6. The minimum absolute atomic E-state index is 0.0140. The molecule has 0 fully saturated rings. The standard InChI is InChI=1S/C20H19ClN2O5/c1-3-22-20(27)23-18(25)12(2)28-19(26)16-7-5-4-6-15(16)17(24)13-8-10-14(21)11-9-13/h4-12H,3H2,1-2H3,(H2,22,23,25,27)/t12-/m0/s1. The summed E-state index contributed by atoms with van der Waals surface area (Å²) in [6.45, 7) is 3.37. The van der Waals surface area contributed by atoms with E-state index >= 15 is 0 Å². The van der Waals surface area contributed by atoms with Crippen molar-refractivity contribution >= 4 is 35.3 Å². The van der Waals surface area contributed by atoms with Crippen LogP contribution in [0.3, 0.4) is 0 Å². The first kappa shape index (κ1) is 21.1. The van der Waals surface area contributed by atoms with Gasteiger partial charge in [-0.25, -0.2) is 9.59 Å². The Bertz CT molecular complexity index is 896. The number of carbonyl (C=O) groups excluding carboxylic acids is 4. The SMILES string of the molecule is CCNC(=O)NC(=O)[C@H](C)OC(=O)c1ccccc1C(=O)c1ccc(Cl)cc1. The summed E-state index contributed by atoms with van der Waals surface area (Å²) in [5, 5.41) is 4.94. The van der Waals surface area contributed by atoms with E-state index < -0.39 is 24.0 Å². The number of carbonyl (C=O) groups is 4. The fourth-order valence-corrected chi connectivity index (χ4v) is 2.44. The summed E-state index contributed by atoms with van der Waals surface area (Å²) in [7, 11) is 0. The quantitative estimate of drug-likeness (QED) is 0.571. The lowest BCUT2D eigenvalue weighted by molar-refractivity contribution is -0.127. The van der Waals surface area contributed by atoms with Crippen LogP contribution in [0.4, 0.5) is 4.79 Å². The van der Waals surface area contributed by atoms with E-state index in [-0.39, 0.29) is 16.9 Å². The van der Waals surface area contributed by atoms with Crippen molar-refractivity contribution in [1.29, 1.82) is 0 Å². The number of ether oxygens (including phenoxy) is 1. The average Bonchev–Trinajstić information content (AvgIpc) is 2.68. The zero-order valence-electron chi connectivity index (χ0n) is 15.3. The van der Waals surface area contributed by atoms with Crippen molar-refractivity contribution < 1.29 is 23.9 Å². The van der Waals surface area contributed by atoms with Crippen LogP contribution in [-0.2, 0) is 9.53 Å². The van der Waals surface area contributed by atoms with Crippen molar-refractivity contribution in [2.24, 2.45) is 0 Å². The monoisotopic (exact) mass is 402 g/mol. The van der Waals surface area contributed by atoms with Gasteiger partial charge in [0.2, 0.25) is 0 Å². The van der Waals surface area contributed by atoms with Crippen LogP contribution in [0.2, 0.25) is 5.02 Å². The highest BCUT2D eigenvalue weighted by Gasteiger charge is 2.24. The Morgan fingerprint density at radius 1 is 1.00 bits per heavy atom. The van der Waals surface area contributed by atoms with Crippen LogP contribution >= 0.6 is 11.6 Å². The molecule has 7 nitrogen and oxygen atoms in total. The maximum atomic E-state index is 12.7. The van der Waals surface area contributed by atoms with Crippen LogP contribution in [0.15, 0.2) is 48.5 Å². The molecule has 0 aliphatic rings. The zero-order chi connectivity index (χ0) is 20.7. The molecule has 2 aromatic carbocycles. The number of benzene rings is 2. The Hall–Kier alpha value is -3.19. The van der Waals surface area contributed by atoms with E-state index in [0.717, 1.165) is 0 Å². The number of halogens is 1. The lowest BCUT2D eigenvalue weighted by Crippen LogP contribution is -2.44. The van der Waals surface area contributed by atoms with Crippen molar-refractivity contribution in [2.75, 3.05) is 6.54 Å². The van der Waals surface area contributed by atoms with Crippen molar-refractivity contribution in [1.82, 2.24) is 10.6 Å². The largest absolute Gasteiger partial charge is 0.449 e. The Balaban J connectivity index is 2.16. The third kappa shape index (κ3) is 5.40. The Morgan fingerprint density at radius 2 is 1.61 bits per heavy atom. The lowest BCUT2D eigenvalue weighted by Gasteiger charge is -2.14. The summed E-state index contributed by atoms with van der Waals surface area (Å²) in [6, 6.07) is 11.7. The molecule has 0 bridgehead atoms. The first-order valence-electron chi connectivity index (χ1n) is 8.52. The molecule has 0 aliphatic heterocycles. The highest BCUT2D eigenvalue weighted by Crippen LogP contribution is 2.18. The van der Waals surface area contributed by atoms with E-state index in [1.165, 1.54) is 19.1 Å². The van der Waals surface area contributed by atoms with Crippen LogP contribution in [-0.4, -0.2) is 36.3 Å². The van der Waals surface area contributed by atoms with Crippen LogP contribution in [0.1, 0.15) is 40.1 Å². The predicted octanol–water partition coefficient (Wildman–Crippen LogP) is 2.96. The fourth-order valence-electron chi connectivity index (χ4n) is 2.31. The van der Waals surface area contributed by atoms with Crippen molar-refractivity contribution in [3.63, 3.8) is 0 Å². The third-order valence-corrected chi connectivity index (χ3v) is 3.98. The molecule has 0 heterocycles. The maximum absolute atomic E-state index is 12.7. The predicted molar refractivity (Wildman–Crippen MR) is 103 cm³/mol. The van der Waals surface area contributed by atoms with Crippen LogP contribution in [0.5, 0.6) is 0 Å². The van der Waals surface area contributed by atoms with E-state index in [9.17, 15) is 19.2 Å². The Labute approximate surface area is 167 Å². The van der Waals surface area contributed by atoms with Crippen LogP contribution in [0, 0.1) is 0 Å². The number of hydrogen-bond donors (Lipinski definition) is 2. The third-order valence-electron chi connectivity index (χ3n) is 3.73. The van der Waals surface area contributed by atoms with Gasteiger partial charge in [0, 0.05) is 22.7 Å². The topological polar surface area (TPSA) is 102 Å². The van der Waals surface area contributed by atoms with Gasteiger partial charge in [0.25, 0.3) is 5.91 Å². The minimum Gasteiger partial charge on any atom is -0.449 e. The number of hydrogen-bond acceptors (Lipinski definition) is 5. The van der Waals surface area contributed by atoms with Crippen LogP contribution in [0.25, 0.3) is 0 Å². The van der Waals surface area contributed by atoms with Gasteiger partial charge < -0.3 is 10.1 Å². The molecule has 0 unspecified atom stereocenters. The Morgan fingerprint density at radius 3 is 2.21 bits per heavy atom. The fraction of sp³-hybridized carbons (Fsp3) is 0.200. The molecule has 2 aromatic rings. The number of amides is 3. The van der Waals surface area contributed by atoms with Gasteiger partial charge in [0.15, 0.2) is 11.9 Å². The van der Waals surface area contributed by atoms with Gasteiger partial charge in [-0.1, -0.05) is 29.8 Å². The number of nitrogens with one attached hydrogen (secondary N) is 2. The minimum atomic E-state index is -1.23. The molecular formula is C20H19ClN2O5. The smallest absolute Gasteiger partial charge is 0.339 e. The van der Waals surface area contributed by atoms with Gasteiger partial charge in [-0.2, -0.15) is 0 Å². The van der Waals surface area contributed by atoms with Gasteiger partial charge in [-0.05, 0) is 44.2 Å². The Kier molecular flexibility index (Phi) is 7.28. The zero-order valence-corrected chi connectivity index (χ0v) is 16.1. The van der Waals surface area contributed by atoms with Gasteiger partial charge in [0.05, 0.1) is 5.56 Å². The molecule has 0 aromatic heterocycles. The molecule has 8 heteroatoms. The second-order valence-electron chi connectivity index (χ2n) is 5.78. The van der Waals surface area contributed by atoms with Crippen molar-refractivity contribution in [3.05, 3.63) is 70.2 Å². The lowest BCUT2D eigenvalue weighted by atomic mass is 9.98. The molecule has 146 valence electrons. The molecule has 0 radical (unpaired) electrons. The van der Waals surface area contributed by atoms with Crippen LogP contribution < -0.4 is 10.6 Å². The summed E-state index contributed by atoms with van der Waals surface area (Å²) in [4.78, 5) is 48.6. The average molecular weight is 403 g/mol. The molecule has 0 spiro atoms. The number of imide groups is 1. The van der Waals surface area contributed by atoms with Gasteiger partial charge in [-0.3, -0.25) is 14.9 Å². The summed E-state index contributed by atoms with van der Waals surface area (Å²) in [6.07, 6.45) is -1.23. The van der Waals surface area contributed by atoms with Gasteiger partial charge >= 0.3 is 12.0 Å². The second-order valence-corrected chi connectivity index (χ2v) is 6.21. The molecule has 3 amide bonds. The number of urea groups is 1. The molecule has 1 atom stereocenters.